The Balaban J connectivity index is 1.25. The van der Waals surface area contributed by atoms with E-state index < -0.39 is 0 Å². The van der Waals surface area contributed by atoms with Crippen LogP contribution in [0.15, 0.2) is 59.5 Å². The number of ether oxygens (including phenoxy) is 2. The third kappa shape index (κ3) is 4.60. The minimum Gasteiger partial charge on any atom is -0.493 e. The Labute approximate surface area is 211 Å². The number of likely N-dealkylation sites (N-methyl/N-ethyl adjacent to an activating group) is 1. The van der Waals surface area contributed by atoms with Crippen molar-refractivity contribution in [1.82, 2.24) is 15.2 Å². The third-order valence-electron chi connectivity index (χ3n) is 7.68. The molecule has 5 rings (SSSR count). The van der Waals surface area contributed by atoms with Gasteiger partial charge in [0.05, 0.1) is 20.4 Å². The predicted octanol–water partition coefficient (Wildman–Crippen LogP) is 4.84. The molecule has 35 heavy (non-hydrogen) atoms. The largest absolute Gasteiger partial charge is 0.493 e. The van der Waals surface area contributed by atoms with Gasteiger partial charge in [0, 0.05) is 28.7 Å². The van der Waals surface area contributed by atoms with E-state index >= 15 is 0 Å². The van der Waals surface area contributed by atoms with Gasteiger partial charge in [-0.15, -0.1) is 0 Å². The molecule has 1 aliphatic carbocycles. The lowest BCUT2D eigenvalue weighted by Gasteiger charge is -2.45. The number of oxazole rings is 1. The zero-order chi connectivity index (χ0) is 24.4. The lowest BCUT2D eigenvalue weighted by molar-refractivity contribution is 0.161. The summed E-state index contributed by atoms with van der Waals surface area (Å²) >= 11 is 5.67. The van der Waals surface area contributed by atoms with Crippen molar-refractivity contribution in [2.75, 3.05) is 33.1 Å². The lowest BCUT2D eigenvalue weighted by Crippen LogP contribution is -2.52. The zero-order valence-corrected chi connectivity index (χ0v) is 21.2. The van der Waals surface area contributed by atoms with E-state index in [1.54, 1.807) is 20.4 Å². The van der Waals surface area contributed by atoms with Crippen molar-refractivity contribution in [2.45, 2.75) is 43.2 Å². The van der Waals surface area contributed by atoms with Crippen molar-refractivity contribution in [2.24, 2.45) is 0 Å². The van der Waals surface area contributed by atoms with Crippen molar-refractivity contribution < 1.29 is 13.9 Å². The van der Waals surface area contributed by atoms with Gasteiger partial charge in [-0.1, -0.05) is 6.07 Å². The molecule has 2 aromatic carbocycles. The van der Waals surface area contributed by atoms with Crippen LogP contribution in [0.3, 0.4) is 0 Å². The second kappa shape index (κ2) is 9.87. The molecule has 7 nitrogen and oxygen atoms in total. The van der Waals surface area contributed by atoms with Crippen molar-refractivity contribution in [3.05, 3.63) is 60.6 Å². The summed E-state index contributed by atoms with van der Waals surface area (Å²) in [6.45, 7) is 1.09. The minimum atomic E-state index is 0.123. The maximum absolute atomic E-state index is 5.67. The molecule has 0 radical (unpaired) electrons. The molecule has 2 aliphatic rings. The summed E-state index contributed by atoms with van der Waals surface area (Å²) in [4.78, 5) is 6.48. The molecule has 0 spiro atoms. The summed E-state index contributed by atoms with van der Waals surface area (Å²) in [5.41, 5.74) is 3.39. The molecule has 1 saturated carbocycles. The molecule has 0 bridgehead atoms. The van der Waals surface area contributed by atoms with Crippen LogP contribution < -0.4 is 20.1 Å². The number of hydrogen-bond donors (Lipinski definition) is 2. The van der Waals surface area contributed by atoms with E-state index in [2.05, 4.69) is 39.7 Å². The molecule has 0 amide bonds. The van der Waals surface area contributed by atoms with Crippen molar-refractivity contribution in [1.29, 1.82) is 0 Å². The number of thiocarbonyl (C=S) groups is 1. The van der Waals surface area contributed by atoms with Crippen molar-refractivity contribution in [3.63, 3.8) is 0 Å². The first kappa shape index (κ1) is 23.6. The number of hydrogen-bond acceptors (Lipinski definition) is 6. The van der Waals surface area contributed by atoms with E-state index in [9.17, 15) is 0 Å². The summed E-state index contributed by atoms with van der Waals surface area (Å²) in [5, 5.41) is 7.56. The van der Waals surface area contributed by atoms with Crippen LogP contribution in [0.2, 0.25) is 0 Å². The number of fused-ring (bicyclic) bond motifs is 1. The van der Waals surface area contributed by atoms with Crippen LogP contribution in [0.25, 0.3) is 11.3 Å². The Hall–Kier alpha value is -3.10. The monoisotopic (exact) mass is 492 g/mol. The van der Waals surface area contributed by atoms with Gasteiger partial charge in [-0.2, -0.15) is 0 Å². The predicted molar refractivity (Wildman–Crippen MR) is 141 cm³/mol. The van der Waals surface area contributed by atoms with E-state index in [1.165, 1.54) is 12.0 Å². The summed E-state index contributed by atoms with van der Waals surface area (Å²) < 4.78 is 16.4. The number of benzene rings is 2. The van der Waals surface area contributed by atoms with E-state index in [0.717, 1.165) is 60.7 Å². The number of rotatable bonds is 6. The topological polar surface area (TPSA) is 71.8 Å². The average Bonchev–Trinajstić information content (AvgIpc) is 3.53. The van der Waals surface area contributed by atoms with Crippen LogP contribution in [-0.4, -0.2) is 54.9 Å². The van der Waals surface area contributed by atoms with Crippen LogP contribution in [0.1, 0.15) is 31.2 Å². The van der Waals surface area contributed by atoms with Gasteiger partial charge in [-0.25, -0.2) is 4.98 Å². The Morgan fingerprint density at radius 1 is 1.11 bits per heavy atom. The minimum absolute atomic E-state index is 0.123. The van der Waals surface area contributed by atoms with Crippen LogP contribution in [-0.2, 0) is 5.41 Å². The molecule has 1 aromatic heterocycles. The number of likely N-dealkylation sites (tertiary alicyclic amines) is 1. The molecule has 184 valence electrons. The second-order valence-electron chi connectivity index (χ2n) is 9.49. The summed E-state index contributed by atoms with van der Waals surface area (Å²) in [7, 11) is 5.62. The fraction of sp³-hybridized carbons (Fsp3) is 0.407. The molecular weight excluding hydrogens is 460 g/mol. The highest BCUT2D eigenvalue weighted by Gasteiger charge is 2.50. The third-order valence-corrected chi connectivity index (χ3v) is 7.90. The number of nitrogens with zero attached hydrogens (tertiary/aromatic N) is 2. The number of nitrogens with one attached hydrogen (secondary N) is 2. The molecule has 3 aromatic rings. The van der Waals surface area contributed by atoms with Gasteiger partial charge < -0.3 is 29.4 Å². The first-order valence-electron chi connectivity index (χ1n) is 12.0. The Morgan fingerprint density at radius 3 is 2.63 bits per heavy atom. The standard InChI is InChI=1S/C27H32N4O3S/c1-31-13-12-27(19-6-9-22(32-2)23(14-19)33-3)11-10-21(15-25(27)31)30-26(35)29-20-7-4-18(5-8-20)24-16-28-17-34-24/h4-9,14,16-17,21,25H,10-13,15H2,1-3H3,(H2,29,30,35). The lowest BCUT2D eigenvalue weighted by atomic mass is 9.65. The molecule has 2 heterocycles. The van der Waals surface area contributed by atoms with Gasteiger partial charge in [-0.05, 0) is 93.5 Å². The number of aromatic nitrogens is 1. The summed E-state index contributed by atoms with van der Waals surface area (Å²) in [5.74, 6) is 2.32. The van der Waals surface area contributed by atoms with Crippen LogP contribution in [0, 0.1) is 0 Å². The number of anilines is 1. The first-order chi connectivity index (χ1) is 17.0. The smallest absolute Gasteiger partial charge is 0.181 e. The molecule has 2 N–H and O–H groups in total. The van der Waals surface area contributed by atoms with Crippen molar-refractivity contribution in [3.8, 4) is 22.8 Å². The Kier molecular flexibility index (Phi) is 6.67. The van der Waals surface area contributed by atoms with Gasteiger partial charge in [0.25, 0.3) is 0 Å². The maximum Gasteiger partial charge on any atom is 0.181 e. The molecule has 1 aliphatic heterocycles. The highest BCUT2D eigenvalue weighted by atomic mass is 32.1. The Bertz CT molecular complexity index is 1170. The highest BCUT2D eigenvalue weighted by Crippen LogP contribution is 2.49. The quantitative estimate of drug-likeness (QED) is 0.474. The average molecular weight is 493 g/mol. The van der Waals surface area contributed by atoms with E-state index in [-0.39, 0.29) is 5.41 Å². The fourth-order valence-corrected chi connectivity index (χ4v) is 6.11. The molecule has 2 fully saturated rings. The highest BCUT2D eigenvalue weighted by molar-refractivity contribution is 7.80. The normalized spacial score (nSPS) is 24.0. The van der Waals surface area contributed by atoms with Crippen molar-refractivity contribution >= 4 is 23.0 Å². The SMILES string of the molecule is COc1ccc(C23CCC(NC(=S)Nc4ccc(-c5cnco5)cc4)CC2N(C)CC3)cc1OC. The molecule has 1 saturated heterocycles. The molecule has 3 atom stereocenters. The van der Waals surface area contributed by atoms with Crippen LogP contribution >= 0.6 is 12.2 Å². The fourth-order valence-electron chi connectivity index (χ4n) is 5.82. The maximum atomic E-state index is 5.67. The van der Waals surface area contributed by atoms with Gasteiger partial charge in [-0.3, -0.25) is 0 Å². The summed E-state index contributed by atoms with van der Waals surface area (Å²) in [6.07, 6.45) is 7.49. The second-order valence-corrected chi connectivity index (χ2v) is 9.89. The zero-order valence-electron chi connectivity index (χ0n) is 20.4. The van der Waals surface area contributed by atoms with Crippen LogP contribution in [0.4, 0.5) is 5.69 Å². The Morgan fingerprint density at radius 2 is 1.91 bits per heavy atom. The van der Waals surface area contributed by atoms with Gasteiger partial charge in [0.2, 0.25) is 0 Å². The van der Waals surface area contributed by atoms with E-state index in [1.807, 2.05) is 30.3 Å². The van der Waals surface area contributed by atoms with Gasteiger partial charge >= 0.3 is 0 Å². The first-order valence-corrected chi connectivity index (χ1v) is 12.4. The molecule has 3 unspecified atom stereocenters. The molecule has 8 heteroatoms. The van der Waals surface area contributed by atoms with Gasteiger partial charge in [0.1, 0.15) is 0 Å². The molecular formula is C27H32N4O3S. The van der Waals surface area contributed by atoms with Crippen LogP contribution in [0.5, 0.6) is 11.5 Å². The van der Waals surface area contributed by atoms with Gasteiger partial charge in [0.15, 0.2) is 28.8 Å². The summed E-state index contributed by atoms with van der Waals surface area (Å²) in [6, 6.07) is 15.2. The van der Waals surface area contributed by atoms with E-state index in [0.29, 0.717) is 17.2 Å². The van der Waals surface area contributed by atoms with E-state index in [4.69, 9.17) is 26.1 Å². The number of methoxy groups -OCH3 is 2.